The van der Waals surface area contributed by atoms with Gasteiger partial charge in [-0.05, 0) is 18.6 Å². The highest BCUT2D eigenvalue weighted by Crippen LogP contribution is 2.21. The number of alkyl halides is 1. The number of hydrogen-bond donors (Lipinski definition) is 1. The second kappa shape index (κ2) is 4.55. The summed E-state index contributed by atoms with van der Waals surface area (Å²) in [6.07, 6.45) is 1.78. The predicted octanol–water partition coefficient (Wildman–Crippen LogP) is 2.54. The highest BCUT2D eigenvalue weighted by Gasteiger charge is 2.01. The van der Waals surface area contributed by atoms with Crippen LogP contribution >= 0.6 is 22.6 Å². The van der Waals surface area contributed by atoms with E-state index in [2.05, 4.69) is 39.8 Å². The average molecular weight is 290 g/mol. The van der Waals surface area contributed by atoms with E-state index in [1.165, 1.54) is 6.92 Å². The number of nitrogens with one attached hydrogen (secondary N) is 1. The molecule has 0 aliphatic heterocycles. The number of nitrogens with zero attached hydrogens (tertiary/aromatic N) is 1. The molecule has 0 fully saturated rings. The number of carbonyl (C=O) groups is 1. The fourth-order valence-electron chi connectivity index (χ4n) is 0.895. The van der Waals surface area contributed by atoms with Crippen LogP contribution < -0.4 is 5.32 Å². The van der Waals surface area contributed by atoms with Crippen LogP contribution in [0.15, 0.2) is 18.3 Å². The van der Waals surface area contributed by atoms with Crippen molar-refractivity contribution in [3.63, 3.8) is 0 Å². The molecule has 13 heavy (non-hydrogen) atoms. The molecule has 3 nitrogen and oxygen atoms in total. The summed E-state index contributed by atoms with van der Waals surface area (Å²) in [7, 11) is 0. The number of anilines is 1. The van der Waals surface area contributed by atoms with Crippen molar-refractivity contribution in [1.29, 1.82) is 0 Å². The zero-order valence-corrected chi connectivity index (χ0v) is 9.70. The zero-order valence-electron chi connectivity index (χ0n) is 7.54. The monoisotopic (exact) mass is 290 g/mol. The fraction of sp³-hybridized carbons (Fsp3) is 0.333. The molecule has 1 N–H and O–H groups in total. The normalized spacial score (nSPS) is 12.2. The van der Waals surface area contributed by atoms with E-state index < -0.39 is 0 Å². The Balaban J connectivity index is 2.75. The Kier molecular flexibility index (Phi) is 3.65. The maximum atomic E-state index is 10.7. The molecular weight excluding hydrogens is 279 g/mol. The molecule has 1 atom stereocenters. The van der Waals surface area contributed by atoms with Gasteiger partial charge in [-0.25, -0.2) is 4.98 Å². The summed E-state index contributed by atoms with van der Waals surface area (Å²) < 4.78 is 0.441. The van der Waals surface area contributed by atoms with Crippen LogP contribution in [0.4, 0.5) is 5.82 Å². The topological polar surface area (TPSA) is 42.0 Å². The lowest BCUT2D eigenvalue weighted by molar-refractivity contribution is -0.114. The van der Waals surface area contributed by atoms with Crippen LogP contribution in [0.5, 0.6) is 0 Å². The van der Waals surface area contributed by atoms with Crippen molar-refractivity contribution in [2.45, 2.75) is 17.8 Å². The third-order valence-corrected chi connectivity index (χ3v) is 2.27. The number of hydrogen-bond acceptors (Lipinski definition) is 2. The van der Waals surface area contributed by atoms with Crippen molar-refractivity contribution >= 4 is 34.3 Å². The standard InChI is InChI=1S/C9H11IN2O/c1-6(10)8-3-4-9(11-5-8)12-7(2)13/h3-6H,1-2H3,(H,11,12,13). The largest absolute Gasteiger partial charge is 0.311 e. The first kappa shape index (κ1) is 10.4. The van der Waals surface area contributed by atoms with Gasteiger partial charge < -0.3 is 5.32 Å². The van der Waals surface area contributed by atoms with E-state index in [-0.39, 0.29) is 5.91 Å². The van der Waals surface area contributed by atoms with Crippen LogP contribution in [0.3, 0.4) is 0 Å². The predicted molar refractivity (Wildman–Crippen MR) is 61.0 cm³/mol. The van der Waals surface area contributed by atoms with Crippen LogP contribution in [0.2, 0.25) is 0 Å². The van der Waals surface area contributed by atoms with Gasteiger partial charge in [0.05, 0.1) is 0 Å². The van der Waals surface area contributed by atoms with Gasteiger partial charge in [-0.2, -0.15) is 0 Å². The van der Waals surface area contributed by atoms with Gasteiger partial charge in [-0.15, -0.1) is 0 Å². The van der Waals surface area contributed by atoms with E-state index in [4.69, 9.17) is 0 Å². The van der Waals surface area contributed by atoms with Crippen LogP contribution in [0.25, 0.3) is 0 Å². The van der Waals surface area contributed by atoms with Gasteiger partial charge in [-0.1, -0.05) is 28.7 Å². The number of pyridine rings is 1. The lowest BCUT2D eigenvalue weighted by Crippen LogP contribution is -2.07. The Morgan fingerprint density at radius 1 is 1.62 bits per heavy atom. The van der Waals surface area contributed by atoms with Gasteiger partial charge in [-0.3, -0.25) is 4.79 Å². The summed E-state index contributed by atoms with van der Waals surface area (Å²) in [4.78, 5) is 14.8. The van der Waals surface area contributed by atoms with E-state index >= 15 is 0 Å². The molecule has 0 aliphatic rings. The molecule has 0 bridgehead atoms. The smallest absolute Gasteiger partial charge is 0.222 e. The minimum Gasteiger partial charge on any atom is -0.311 e. The average Bonchev–Trinajstić information content (AvgIpc) is 2.04. The van der Waals surface area contributed by atoms with E-state index in [9.17, 15) is 4.79 Å². The molecule has 0 spiro atoms. The molecule has 0 aromatic carbocycles. The van der Waals surface area contributed by atoms with Gasteiger partial charge in [0.15, 0.2) is 0 Å². The van der Waals surface area contributed by atoms with E-state index in [0.717, 1.165) is 5.56 Å². The van der Waals surface area contributed by atoms with Crippen molar-refractivity contribution in [3.8, 4) is 0 Å². The number of aromatic nitrogens is 1. The summed E-state index contributed by atoms with van der Waals surface area (Å²) in [6, 6.07) is 3.78. The minimum atomic E-state index is -0.0947. The van der Waals surface area contributed by atoms with Gasteiger partial charge in [0, 0.05) is 17.0 Å². The van der Waals surface area contributed by atoms with E-state index in [1.807, 2.05) is 12.1 Å². The Labute approximate surface area is 91.1 Å². The first-order valence-electron chi connectivity index (χ1n) is 3.97. The van der Waals surface area contributed by atoms with Crippen molar-refractivity contribution in [2.24, 2.45) is 0 Å². The first-order chi connectivity index (χ1) is 6.09. The SMILES string of the molecule is CC(=O)Nc1ccc(C(C)I)cn1. The second-order valence-electron chi connectivity index (χ2n) is 2.77. The molecule has 1 unspecified atom stereocenters. The minimum absolute atomic E-state index is 0.0947. The molecule has 0 saturated carbocycles. The van der Waals surface area contributed by atoms with Crippen LogP contribution in [0, 0.1) is 0 Å². The maximum absolute atomic E-state index is 10.7. The number of rotatable bonds is 2. The number of carbonyl (C=O) groups excluding carboxylic acids is 1. The first-order valence-corrected chi connectivity index (χ1v) is 5.22. The highest BCUT2D eigenvalue weighted by atomic mass is 127. The third kappa shape index (κ3) is 3.30. The molecule has 1 aromatic heterocycles. The lowest BCUT2D eigenvalue weighted by atomic mass is 10.2. The van der Waals surface area contributed by atoms with E-state index in [1.54, 1.807) is 6.20 Å². The van der Waals surface area contributed by atoms with Crippen molar-refractivity contribution in [1.82, 2.24) is 4.98 Å². The van der Waals surface area contributed by atoms with Crippen molar-refractivity contribution in [3.05, 3.63) is 23.9 Å². The molecule has 4 heteroatoms. The Morgan fingerprint density at radius 3 is 2.69 bits per heavy atom. The maximum Gasteiger partial charge on any atom is 0.222 e. The Bertz CT molecular complexity index is 295. The molecule has 0 aliphatic carbocycles. The van der Waals surface area contributed by atoms with Crippen molar-refractivity contribution in [2.75, 3.05) is 5.32 Å². The molecular formula is C9H11IN2O. The number of halogens is 1. The summed E-state index contributed by atoms with van der Waals surface area (Å²) in [5.41, 5.74) is 1.16. The van der Waals surface area contributed by atoms with Gasteiger partial charge >= 0.3 is 0 Å². The molecule has 1 rings (SSSR count). The Hall–Kier alpha value is -0.650. The summed E-state index contributed by atoms with van der Waals surface area (Å²) in [5.74, 6) is 0.510. The molecule has 1 heterocycles. The third-order valence-electron chi connectivity index (χ3n) is 1.55. The molecule has 1 amide bonds. The second-order valence-corrected chi connectivity index (χ2v) is 4.64. The zero-order chi connectivity index (χ0) is 9.84. The molecule has 1 aromatic rings. The number of amides is 1. The summed E-state index contributed by atoms with van der Waals surface area (Å²) >= 11 is 2.32. The van der Waals surface area contributed by atoms with Crippen LogP contribution in [0.1, 0.15) is 23.3 Å². The quantitative estimate of drug-likeness (QED) is 0.672. The molecule has 70 valence electrons. The highest BCUT2D eigenvalue weighted by molar-refractivity contribution is 14.1. The molecule has 0 radical (unpaired) electrons. The van der Waals surface area contributed by atoms with Gasteiger partial charge in [0.25, 0.3) is 0 Å². The summed E-state index contributed by atoms with van der Waals surface area (Å²) in [5, 5.41) is 2.62. The van der Waals surface area contributed by atoms with Crippen LogP contribution in [-0.2, 0) is 4.79 Å². The van der Waals surface area contributed by atoms with Gasteiger partial charge in [0.2, 0.25) is 5.91 Å². The Morgan fingerprint density at radius 2 is 2.31 bits per heavy atom. The van der Waals surface area contributed by atoms with E-state index in [0.29, 0.717) is 9.74 Å². The lowest BCUT2D eigenvalue weighted by Gasteiger charge is -2.04. The van der Waals surface area contributed by atoms with Gasteiger partial charge in [0.1, 0.15) is 5.82 Å². The summed E-state index contributed by atoms with van der Waals surface area (Å²) in [6.45, 7) is 3.56. The fourth-order valence-corrected chi connectivity index (χ4v) is 1.26. The molecule has 0 saturated heterocycles. The van der Waals surface area contributed by atoms with Crippen molar-refractivity contribution < 1.29 is 4.79 Å². The van der Waals surface area contributed by atoms with Crippen LogP contribution in [-0.4, -0.2) is 10.9 Å².